The predicted octanol–water partition coefficient (Wildman–Crippen LogP) is 1.84. The van der Waals surface area contributed by atoms with Crippen LogP contribution >= 0.6 is 0 Å². The second-order valence-electron chi connectivity index (χ2n) is 7.08. The summed E-state index contributed by atoms with van der Waals surface area (Å²) >= 11 is 0. The summed E-state index contributed by atoms with van der Waals surface area (Å²) in [7, 11) is -1.57. The van der Waals surface area contributed by atoms with Crippen LogP contribution in [0.2, 0.25) is 0 Å². The molecule has 1 fully saturated rings. The molecule has 1 aromatic rings. The van der Waals surface area contributed by atoms with Gasteiger partial charge in [-0.1, -0.05) is 19.0 Å². The summed E-state index contributed by atoms with van der Waals surface area (Å²) in [6.07, 6.45) is 4.31. The molecule has 2 rings (SSSR count). The van der Waals surface area contributed by atoms with Crippen molar-refractivity contribution < 1.29 is 17.7 Å². The van der Waals surface area contributed by atoms with E-state index in [4.69, 9.17) is 9.26 Å². The van der Waals surface area contributed by atoms with Crippen LogP contribution in [-0.4, -0.2) is 57.3 Å². The Hall–Kier alpha value is -1.61. The third-order valence-electron chi connectivity index (χ3n) is 5.40. The largest absolute Gasteiger partial charge is 0.381 e. The molecule has 0 amide bonds. The number of nitrogens with one attached hydrogen (secondary N) is 2. The zero-order chi connectivity index (χ0) is 19.9. The first-order chi connectivity index (χ1) is 12.8. The van der Waals surface area contributed by atoms with E-state index < -0.39 is 14.6 Å². The maximum atomic E-state index is 12.3. The van der Waals surface area contributed by atoms with Crippen molar-refractivity contribution in [3.8, 4) is 0 Å². The highest BCUT2D eigenvalue weighted by Crippen LogP contribution is 2.28. The molecule has 0 radical (unpaired) electrons. The van der Waals surface area contributed by atoms with Crippen molar-refractivity contribution in [2.75, 3.05) is 33.1 Å². The van der Waals surface area contributed by atoms with Gasteiger partial charge in [-0.15, -0.1) is 0 Å². The molecule has 0 atom stereocenters. The molecule has 0 spiro atoms. The lowest BCUT2D eigenvalue weighted by atomic mass is 9.99. The van der Waals surface area contributed by atoms with E-state index >= 15 is 0 Å². The monoisotopic (exact) mass is 400 g/mol. The summed E-state index contributed by atoms with van der Waals surface area (Å²) in [4.78, 5) is 4.18. The maximum absolute atomic E-state index is 12.3. The predicted molar refractivity (Wildman–Crippen MR) is 106 cm³/mol. The normalized spacial score (nSPS) is 17.9. The molecule has 2 N–H and O–H groups in total. The molecule has 0 saturated carbocycles. The molecule has 0 aliphatic carbocycles. The molecule has 1 aromatic heterocycles. The van der Waals surface area contributed by atoms with Gasteiger partial charge >= 0.3 is 0 Å². The number of ether oxygens (including phenoxy) is 1. The topological polar surface area (TPSA) is 106 Å². The van der Waals surface area contributed by atoms with Gasteiger partial charge in [0, 0.05) is 45.0 Å². The minimum absolute atomic E-state index is 0.296. The quantitative estimate of drug-likeness (QED) is 0.506. The molecule has 27 heavy (non-hydrogen) atoms. The van der Waals surface area contributed by atoms with Crippen molar-refractivity contribution in [2.45, 2.75) is 56.7 Å². The summed E-state index contributed by atoms with van der Waals surface area (Å²) in [6.45, 7) is 5.92. The molecule has 8 nitrogen and oxygen atoms in total. The minimum Gasteiger partial charge on any atom is -0.381 e. The van der Waals surface area contributed by atoms with Crippen LogP contribution < -0.4 is 10.6 Å². The summed E-state index contributed by atoms with van der Waals surface area (Å²) < 4.78 is 34.6. The Bertz CT molecular complexity index is 719. The fourth-order valence-corrected chi connectivity index (χ4v) is 4.61. The van der Waals surface area contributed by atoms with Crippen LogP contribution in [0.3, 0.4) is 0 Å². The van der Waals surface area contributed by atoms with Crippen LogP contribution in [0.5, 0.6) is 0 Å². The fourth-order valence-electron chi connectivity index (χ4n) is 3.37. The van der Waals surface area contributed by atoms with E-state index in [9.17, 15) is 8.42 Å². The van der Waals surface area contributed by atoms with Gasteiger partial charge in [-0.2, -0.15) is 0 Å². The molecule has 1 aliphatic rings. The molecule has 2 heterocycles. The van der Waals surface area contributed by atoms with Crippen LogP contribution in [0, 0.1) is 0 Å². The van der Waals surface area contributed by atoms with Crippen LogP contribution in [0.4, 0.5) is 0 Å². The number of aromatic nitrogens is 1. The van der Waals surface area contributed by atoms with E-state index in [2.05, 4.69) is 34.6 Å². The summed E-state index contributed by atoms with van der Waals surface area (Å²) in [5.41, 5.74) is 0.970. The van der Waals surface area contributed by atoms with Crippen LogP contribution in [0.15, 0.2) is 15.6 Å². The fraction of sp³-hybridized carbons (Fsp3) is 0.778. The first kappa shape index (κ1) is 21.7. The highest BCUT2D eigenvalue weighted by molar-refractivity contribution is 7.92. The lowest BCUT2D eigenvalue weighted by Crippen LogP contribution is -2.53. The molecule has 0 aromatic carbocycles. The third-order valence-corrected chi connectivity index (χ3v) is 7.53. The second-order valence-corrected chi connectivity index (χ2v) is 9.49. The van der Waals surface area contributed by atoms with Gasteiger partial charge in [-0.3, -0.25) is 4.99 Å². The molecular weight excluding hydrogens is 368 g/mol. The summed E-state index contributed by atoms with van der Waals surface area (Å²) in [5.74, 6) is 1.66. The van der Waals surface area contributed by atoms with Crippen molar-refractivity contribution in [3.05, 3.63) is 17.5 Å². The Morgan fingerprint density at radius 2 is 1.96 bits per heavy atom. The van der Waals surface area contributed by atoms with E-state index in [-0.39, 0.29) is 0 Å². The van der Waals surface area contributed by atoms with Crippen molar-refractivity contribution in [1.29, 1.82) is 0 Å². The van der Waals surface area contributed by atoms with Gasteiger partial charge in [0.05, 0.1) is 17.0 Å². The highest BCUT2D eigenvalue weighted by Gasteiger charge is 2.42. The number of nitrogens with zero attached hydrogens (tertiary/aromatic N) is 2. The average Bonchev–Trinajstić information content (AvgIpc) is 3.11. The molecule has 1 saturated heterocycles. The first-order valence-electron chi connectivity index (χ1n) is 9.52. The van der Waals surface area contributed by atoms with Gasteiger partial charge in [0.15, 0.2) is 21.6 Å². The molecular formula is C18H32N4O4S. The smallest absolute Gasteiger partial charge is 0.191 e. The third kappa shape index (κ3) is 5.44. The number of rotatable bonds is 8. The van der Waals surface area contributed by atoms with E-state index in [0.717, 1.165) is 24.3 Å². The van der Waals surface area contributed by atoms with Gasteiger partial charge < -0.3 is 19.9 Å². The van der Waals surface area contributed by atoms with Gasteiger partial charge in [-0.25, -0.2) is 8.42 Å². The summed E-state index contributed by atoms with van der Waals surface area (Å²) in [5, 5.41) is 10.5. The van der Waals surface area contributed by atoms with E-state index in [1.54, 1.807) is 7.05 Å². The maximum Gasteiger partial charge on any atom is 0.191 e. The van der Waals surface area contributed by atoms with Crippen LogP contribution in [-0.2, 0) is 21.1 Å². The van der Waals surface area contributed by atoms with Crippen molar-refractivity contribution in [2.24, 2.45) is 4.99 Å². The van der Waals surface area contributed by atoms with Gasteiger partial charge in [0.25, 0.3) is 0 Å². The molecule has 1 aliphatic heterocycles. The van der Waals surface area contributed by atoms with Crippen LogP contribution in [0.25, 0.3) is 0 Å². The molecule has 0 bridgehead atoms. The van der Waals surface area contributed by atoms with Crippen molar-refractivity contribution >= 4 is 15.8 Å². The number of guanidine groups is 1. The SMILES string of the molecule is CCC(CC)c1cc(CNC(=NC)NCC2(S(C)(=O)=O)CCOCC2)on1. The Kier molecular flexibility index (Phi) is 7.67. The number of aliphatic imine (C=N–C) groups is 1. The van der Waals surface area contributed by atoms with Gasteiger partial charge in [0.2, 0.25) is 0 Å². The minimum atomic E-state index is -3.22. The average molecular weight is 401 g/mol. The van der Waals surface area contributed by atoms with E-state index in [1.807, 2.05) is 6.07 Å². The number of hydrogen-bond donors (Lipinski definition) is 2. The molecule has 154 valence electrons. The van der Waals surface area contributed by atoms with Crippen molar-refractivity contribution in [3.63, 3.8) is 0 Å². The van der Waals surface area contributed by atoms with Gasteiger partial charge in [-0.05, 0) is 25.7 Å². The highest BCUT2D eigenvalue weighted by atomic mass is 32.2. The zero-order valence-electron chi connectivity index (χ0n) is 16.7. The Morgan fingerprint density at radius 3 is 2.52 bits per heavy atom. The van der Waals surface area contributed by atoms with Crippen LogP contribution in [0.1, 0.15) is 56.9 Å². The first-order valence-corrected chi connectivity index (χ1v) is 11.4. The van der Waals surface area contributed by atoms with E-state index in [1.165, 1.54) is 6.26 Å². The van der Waals surface area contributed by atoms with E-state index in [0.29, 0.717) is 51.0 Å². The number of sulfone groups is 1. The Balaban J connectivity index is 1.94. The Labute approximate surface area is 162 Å². The number of hydrogen-bond acceptors (Lipinski definition) is 6. The lowest BCUT2D eigenvalue weighted by Gasteiger charge is -2.35. The zero-order valence-corrected chi connectivity index (χ0v) is 17.6. The summed E-state index contributed by atoms with van der Waals surface area (Å²) in [6, 6.07) is 1.97. The molecule has 9 heteroatoms. The standard InChI is InChI=1S/C18H32N4O4S/c1-5-14(6-2)16-11-15(26-22-16)12-20-17(19-3)21-13-18(27(4,23)24)7-9-25-10-8-18/h11,14H,5-10,12-13H2,1-4H3,(H2,19,20,21). The molecule has 0 unspecified atom stereocenters. The second kappa shape index (κ2) is 9.54. The Morgan fingerprint density at radius 1 is 1.30 bits per heavy atom. The lowest BCUT2D eigenvalue weighted by molar-refractivity contribution is 0.0756. The van der Waals surface area contributed by atoms with Gasteiger partial charge in [0.1, 0.15) is 0 Å². The van der Waals surface area contributed by atoms with Crippen molar-refractivity contribution in [1.82, 2.24) is 15.8 Å².